The van der Waals surface area contributed by atoms with Crippen molar-refractivity contribution in [3.8, 4) is 34.3 Å². The molecule has 0 saturated heterocycles. The Morgan fingerprint density at radius 1 is 1.00 bits per heavy atom. The van der Waals surface area contributed by atoms with Crippen molar-refractivity contribution in [3.63, 3.8) is 0 Å². The van der Waals surface area contributed by atoms with E-state index in [0.717, 1.165) is 32.9 Å². The Labute approximate surface area is 191 Å². The Kier molecular flexibility index (Phi) is 7.72. The summed E-state index contributed by atoms with van der Waals surface area (Å²) < 4.78 is 23.4. The highest BCUT2D eigenvalue weighted by atomic mass is 32.1. The average molecular weight is 454 g/mol. The number of nitrogens with zero attached hydrogens (tertiary/aromatic N) is 3. The van der Waals surface area contributed by atoms with Crippen LogP contribution in [0.3, 0.4) is 0 Å². The molecule has 3 aromatic rings. The first kappa shape index (κ1) is 23.1. The zero-order valence-corrected chi connectivity index (χ0v) is 19.7. The van der Waals surface area contributed by atoms with E-state index in [0.29, 0.717) is 23.8 Å². The van der Waals surface area contributed by atoms with E-state index in [1.807, 2.05) is 53.4 Å². The molecule has 32 heavy (non-hydrogen) atoms. The fourth-order valence-corrected chi connectivity index (χ4v) is 3.82. The standard InChI is InChI=1S/C24H27N3O4S/c1-16(2)13-25-24-27(20(15-32-24)18-7-9-19(28-3)10-8-18)26-14-17-11-21(29-4)23(31-6)22(12-17)30-5/h7-12,14-15H,1,13H2,2-6H3. The number of methoxy groups -OCH3 is 4. The molecule has 168 valence electrons. The Balaban J connectivity index is 2.09. The first-order valence-electron chi connectivity index (χ1n) is 9.85. The topological polar surface area (TPSA) is 66.6 Å². The minimum atomic E-state index is 0.530. The van der Waals surface area contributed by atoms with Gasteiger partial charge in [0.2, 0.25) is 10.6 Å². The molecule has 0 saturated carbocycles. The Hall–Kier alpha value is -3.52. The van der Waals surface area contributed by atoms with Crippen molar-refractivity contribution in [2.24, 2.45) is 10.1 Å². The van der Waals surface area contributed by atoms with E-state index in [2.05, 4.69) is 11.6 Å². The molecular weight excluding hydrogens is 426 g/mol. The van der Waals surface area contributed by atoms with Crippen molar-refractivity contribution < 1.29 is 18.9 Å². The maximum Gasteiger partial charge on any atom is 0.206 e. The highest BCUT2D eigenvalue weighted by molar-refractivity contribution is 7.07. The molecule has 0 aliphatic carbocycles. The molecular formula is C24H27N3O4S. The first-order valence-corrected chi connectivity index (χ1v) is 10.7. The van der Waals surface area contributed by atoms with E-state index >= 15 is 0 Å². The Morgan fingerprint density at radius 2 is 1.66 bits per heavy atom. The molecule has 7 nitrogen and oxygen atoms in total. The second kappa shape index (κ2) is 10.7. The molecule has 3 rings (SSSR count). The summed E-state index contributed by atoms with van der Waals surface area (Å²) in [6.07, 6.45) is 1.74. The second-order valence-electron chi connectivity index (χ2n) is 6.92. The van der Waals surface area contributed by atoms with Gasteiger partial charge in [0.15, 0.2) is 11.5 Å². The second-order valence-corrected chi connectivity index (χ2v) is 7.76. The monoisotopic (exact) mass is 453 g/mol. The smallest absolute Gasteiger partial charge is 0.206 e. The Morgan fingerprint density at radius 3 is 2.19 bits per heavy atom. The molecule has 0 aliphatic rings. The van der Waals surface area contributed by atoms with Gasteiger partial charge in [-0.1, -0.05) is 12.2 Å². The molecule has 1 aromatic heterocycles. The molecule has 2 aromatic carbocycles. The lowest BCUT2D eigenvalue weighted by atomic mass is 10.2. The highest BCUT2D eigenvalue weighted by Gasteiger charge is 2.13. The average Bonchev–Trinajstić information content (AvgIpc) is 3.23. The van der Waals surface area contributed by atoms with E-state index in [4.69, 9.17) is 24.0 Å². The predicted octanol–water partition coefficient (Wildman–Crippen LogP) is 4.61. The lowest BCUT2D eigenvalue weighted by Crippen LogP contribution is -2.13. The van der Waals surface area contributed by atoms with Gasteiger partial charge >= 0.3 is 0 Å². The zero-order chi connectivity index (χ0) is 23.1. The number of hydrogen-bond acceptors (Lipinski definition) is 7. The van der Waals surface area contributed by atoms with Gasteiger partial charge in [-0.05, 0) is 43.3 Å². The van der Waals surface area contributed by atoms with Crippen LogP contribution in [0, 0.1) is 0 Å². The summed E-state index contributed by atoms with van der Waals surface area (Å²) in [5, 5.41) is 6.77. The van der Waals surface area contributed by atoms with Crippen molar-refractivity contribution in [2.75, 3.05) is 35.0 Å². The molecule has 0 spiro atoms. The highest BCUT2D eigenvalue weighted by Crippen LogP contribution is 2.37. The van der Waals surface area contributed by atoms with E-state index in [-0.39, 0.29) is 0 Å². The van der Waals surface area contributed by atoms with Crippen LogP contribution >= 0.6 is 11.3 Å². The summed E-state index contributed by atoms with van der Waals surface area (Å²) in [5.41, 5.74) is 3.69. The minimum absolute atomic E-state index is 0.530. The molecule has 0 unspecified atom stereocenters. The van der Waals surface area contributed by atoms with Crippen molar-refractivity contribution in [2.45, 2.75) is 6.92 Å². The van der Waals surface area contributed by atoms with E-state index in [9.17, 15) is 0 Å². The van der Waals surface area contributed by atoms with Gasteiger partial charge in [0.1, 0.15) is 5.75 Å². The lowest BCUT2D eigenvalue weighted by molar-refractivity contribution is 0.324. The van der Waals surface area contributed by atoms with Crippen LogP contribution in [0.2, 0.25) is 0 Å². The Bertz CT molecular complexity index is 1150. The molecule has 0 atom stereocenters. The summed E-state index contributed by atoms with van der Waals surface area (Å²) in [4.78, 5) is 5.43. The third-order valence-electron chi connectivity index (χ3n) is 4.56. The predicted molar refractivity (Wildman–Crippen MR) is 129 cm³/mol. The largest absolute Gasteiger partial charge is 0.497 e. The van der Waals surface area contributed by atoms with Crippen LogP contribution in [0.1, 0.15) is 12.5 Å². The molecule has 0 radical (unpaired) electrons. The van der Waals surface area contributed by atoms with Crippen molar-refractivity contribution in [1.82, 2.24) is 4.68 Å². The number of aromatic nitrogens is 1. The van der Waals surface area contributed by atoms with E-state index < -0.39 is 0 Å². The van der Waals surface area contributed by atoms with Crippen LogP contribution in [0.25, 0.3) is 11.3 Å². The van der Waals surface area contributed by atoms with Crippen molar-refractivity contribution >= 4 is 17.6 Å². The maximum absolute atomic E-state index is 5.45. The number of rotatable bonds is 9. The fourth-order valence-electron chi connectivity index (χ4n) is 2.98. The van der Waals surface area contributed by atoms with Crippen LogP contribution in [0.4, 0.5) is 0 Å². The molecule has 0 fully saturated rings. The van der Waals surface area contributed by atoms with Crippen LogP contribution in [0.15, 0.2) is 64.0 Å². The van der Waals surface area contributed by atoms with Gasteiger partial charge in [-0.3, -0.25) is 4.99 Å². The van der Waals surface area contributed by atoms with Gasteiger partial charge < -0.3 is 18.9 Å². The van der Waals surface area contributed by atoms with Gasteiger partial charge in [0.05, 0.1) is 46.9 Å². The molecule has 0 bridgehead atoms. The summed E-state index contributed by atoms with van der Waals surface area (Å²) in [6.45, 7) is 6.42. The lowest BCUT2D eigenvalue weighted by Gasteiger charge is -2.12. The minimum Gasteiger partial charge on any atom is -0.497 e. The van der Waals surface area contributed by atoms with Gasteiger partial charge in [0.25, 0.3) is 0 Å². The number of ether oxygens (including phenoxy) is 4. The van der Waals surface area contributed by atoms with Crippen LogP contribution in [0.5, 0.6) is 23.0 Å². The van der Waals surface area contributed by atoms with Crippen molar-refractivity contribution in [1.29, 1.82) is 0 Å². The summed E-state index contributed by atoms with van der Waals surface area (Å²) in [6, 6.07) is 11.5. The third kappa shape index (κ3) is 5.20. The van der Waals surface area contributed by atoms with Crippen LogP contribution < -0.4 is 23.7 Å². The van der Waals surface area contributed by atoms with E-state index in [1.165, 1.54) is 11.3 Å². The zero-order valence-electron chi connectivity index (χ0n) is 18.9. The number of thiazole rings is 1. The molecule has 0 aliphatic heterocycles. The molecule has 0 amide bonds. The molecule has 1 heterocycles. The summed E-state index contributed by atoms with van der Waals surface area (Å²) >= 11 is 1.52. The molecule has 8 heteroatoms. The van der Waals surface area contributed by atoms with Crippen LogP contribution in [-0.4, -0.2) is 45.9 Å². The SMILES string of the molecule is C=C(C)CN=c1scc(-c2ccc(OC)cc2)n1N=Cc1cc(OC)c(OC)c(OC)c1. The number of hydrogen-bond donors (Lipinski definition) is 0. The summed E-state index contributed by atoms with van der Waals surface area (Å²) in [5.74, 6) is 2.45. The first-order chi connectivity index (χ1) is 15.5. The number of benzene rings is 2. The van der Waals surface area contributed by atoms with Gasteiger partial charge in [-0.25, -0.2) is 4.68 Å². The quantitative estimate of drug-likeness (QED) is 0.351. The molecule has 0 N–H and O–H groups in total. The maximum atomic E-state index is 5.45. The van der Waals surface area contributed by atoms with Gasteiger partial charge in [-0.15, -0.1) is 11.3 Å². The third-order valence-corrected chi connectivity index (χ3v) is 5.42. The normalized spacial score (nSPS) is 11.6. The fraction of sp³-hybridized carbons (Fsp3) is 0.250. The summed E-state index contributed by atoms with van der Waals surface area (Å²) in [7, 11) is 6.40. The van der Waals surface area contributed by atoms with E-state index in [1.54, 1.807) is 34.7 Å². The van der Waals surface area contributed by atoms with Gasteiger partial charge in [-0.2, -0.15) is 5.10 Å². The van der Waals surface area contributed by atoms with Crippen molar-refractivity contribution in [3.05, 3.63) is 64.3 Å². The van der Waals surface area contributed by atoms with Gasteiger partial charge in [0, 0.05) is 16.5 Å². The van der Waals surface area contributed by atoms with Crippen LogP contribution in [-0.2, 0) is 0 Å².